The van der Waals surface area contributed by atoms with Crippen LogP contribution in [-0.2, 0) is 27.9 Å². The smallest absolute Gasteiger partial charge is 0.463 e. The van der Waals surface area contributed by atoms with E-state index >= 15 is 0 Å². The van der Waals surface area contributed by atoms with Crippen LogP contribution in [0.2, 0.25) is 0 Å². The normalized spacial score (nSPS) is 13.8. The van der Waals surface area contributed by atoms with E-state index in [1.807, 2.05) is 0 Å². The maximum absolute atomic E-state index is 12.0. The predicted octanol–water partition coefficient (Wildman–Crippen LogP) is 8.87. The van der Waals surface area contributed by atoms with Crippen molar-refractivity contribution in [1.82, 2.24) is 5.32 Å². The fourth-order valence-electron chi connectivity index (χ4n) is 4.61. The minimum atomic E-state index is -4.41. The number of hydrogen-bond donors (Lipinski definition) is 3. The molecule has 2 unspecified atom stereocenters. The number of phosphoric acid groups is 1. The summed E-state index contributed by atoms with van der Waals surface area (Å²) >= 11 is 0. The van der Waals surface area contributed by atoms with Crippen molar-refractivity contribution in [2.75, 3.05) is 26.4 Å². The lowest BCUT2D eigenvalue weighted by atomic mass is 10.1. The summed E-state index contributed by atoms with van der Waals surface area (Å²) < 4.78 is 26.7. The highest BCUT2D eigenvalue weighted by atomic mass is 31.2. The van der Waals surface area contributed by atoms with E-state index in [2.05, 4.69) is 43.5 Å². The second-order valence-electron chi connectivity index (χ2n) is 11.8. The standard InChI is InChI=1S/C35H66NO8P/c1-3-5-7-9-11-13-15-16-17-18-20-22-24-26-28-35(39)42-31-33(37)32-44-45(40,41)43-30-29-36-34(38)27-25-23-21-19-14-12-10-8-6-4-2/h8,10,15-16,33,37H,3-7,9,11-14,17-32H2,1-2H3,(H,36,38)(H,40,41)/b10-8-,16-15-. The Labute approximate surface area is 274 Å². The molecule has 0 bridgehead atoms. The average molecular weight is 660 g/mol. The third kappa shape index (κ3) is 33.7. The molecule has 0 fully saturated rings. The second-order valence-corrected chi connectivity index (χ2v) is 13.3. The molecule has 9 nitrogen and oxygen atoms in total. The quantitative estimate of drug-likeness (QED) is 0.0276. The van der Waals surface area contributed by atoms with Crippen LogP contribution < -0.4 is 5.32 Å². The first-order chi connectivity index (χ1) is 21.8. The Bertz CT molecular complexity index is 805. The fraction of sp³-hybridized carbons (Fsp3) is 0.829. The van der Waals surface area contributed by atoms with Gasteiger partial charge in [0.05, 0.1) is 13.2 Å². The largest absolute Gasteiger partial charge is 0.472 e. The Hall–Kier alpha value is -1.51. The van der Waals surface area contributed by atoms with Crippen molar-refractivity contribution in [2.24, 2.45) is 0 Å². The summed E-state index contributed by atoms with van der Waals surface area (Å²) in [5.41, 5.74) is 0. The monoisotopic (exact) mass is 659 g/mol. The number of aliphatic hydroxyl groups is 1. The Morgan fingerprint density at radius 2 is 1.18 bits per heavy atom. The van der Waals surface area contributed by atoms with Crippen LogP contribution in [0.25, 0.3) is 0 Å². The Balaban J connectivity index is 3.66. The highest BCUT2D eigenvalue weighted by Crippen LogP contribution is 2.42. The Kier molecular flexibility index (Phi) is 31.3. The number of rotatable bonds is 33. The van der Waals surface area contributed by atoms with Gasteiger partial charge in [0, 0.05) is 19.4 Å². The number of hydrogen-bond acceptors (Lipinski definition) is 7. The molecule has 0 aromatic carbocycles. The number of carbonyl (C=O) groups is 2. The molecule has 0 saturated heterocycles. The van der Waals surface area contributed by atoms with Gasteiger partial charge in [-0.3, -0.25) is 18.6 Å². The zero-order chi connectivity index (χ0) is 33.3. The van der Waals surface area contributed by atoms with E-state index in [1.165, 1.54) is 51.4 Å². The van der Waals surface area contributed by atoms with E-state index in [9.17, 15) is 24.2 Å². The van der Waals surface area contributed by atoms with Crippen LogP contribution in [0.15, 0.2) is 24.3 Å². The molecule has 45 heavy (non-hydrogen) atoms. The van der Waals surface area contributed by atoms with Gasteiger partial charge < -0.3 is 20.1 Å². The van der Waals surface area contributed by atoms with Crippen molar-refractivity contribution in [2.45, 2.75) is 161 Å². The first-order valence-electron chi connectivity index (χ1n) is 17.8. The van der Waals surface area contributed by atoms with Gasteiger partial charge in [0.2, 0.25) is 5.91 Å². The van der Waals surface area contributed by atoms with Crippen LogP contribution in [-0.4, -0.2) is 54.3 Å². The summed E-state index contributed by atoms with van der Waals surface area (Å²) in [7, 11) is -4.41. The number of nitrogens with one attached hydrogen (secondary N) is 1. The van der Waals surface area contributed by atoms with Gasteiger partial charge >= 0.3 is 13.8 Å². The summed E-state index contributed by atoms with van der Waals surface area (Å²) in [6.45, 7) is 3.44. The topological polar surface area (TPSA) is 131 Å². The molecule has 0 aliphatic rings. The molecular weight excluding hydrogens is 593 g/mol. The van der Waals surface area contributed by atoms with Gasteiger partial charge in [-0.05, 0) is 57.8 Å². The van der Waals surface area contributed by atoms with Crippen LogP contribution in [0.1, 0.15) is 155 Å². The van der Waals surface area contributed by atoms with E-state index in [-0.39, 0.29) is 32.1 Å². The van der Waals surface area contributed by atoms with E-state index in [1.54, 1.807) is 0 Å². The number of phosphoric ester groups is 1. The molecule has 10 heteroatoms. The first-order valence-corrected chi connectivity index (χ1v) is 19.3. The Morgan fingerprint density at radius 3 is 1.76 bits per heavy atom. The lowest BCUT2D eigenvalue weighted by Crippen LogP contribution is -2.27. The van der Waals surface area contributed by atoms with Gasteiger partial charge in [0.1, 0.15) is 12.7 Å². The molecule has 0 aliphatic carbocycles. The lowest BCUT2D eigenvalue weighted by Gasteiger charge is -2.15. The van der Waals surface area contributed by atoms with Gasteiger partial charge in [0.15, 0.2) is 0 Å². The predicted molar refractivity (Wildman–Crippen MR) is 183 cm³/mol. The summed E-state index contributed by atoms with van der Waals surface area (Å²) in [5.74, 6) is -0.538. The van der Waals surface area contributed by atoms with Crippen molar-refractivity contribution in [1.29, 1.82) is 0 Å². The van der Waals surface area contributed by atoms with Crippen LogP contribution in [0.3, 0.4) is 0 Å². The highest BCUT2D eigenvalue weighted by Gasteiger charge is 2.23. The molecule has 3 N–H and O–H groups in total. The van der Waals surface area contributed by atoms with Crippen molar-refractivity contribution < 1.29 is 37.9 Å². The van der Waals surface area contributed by atoms with Crippen LogP contribution >= 0.6 is 7.82 Å². The van der Waals surface area contributed by atoms with Crippen LogP contribution in [0, 0.1) is 0 Å². The van der Waals surface area contributed by atoms with Crippen molar-refractivity contribution in [3.05, 3.63) is 24.3 Å². The summed E-state index contributed by atoms with van der Waals surface area (Å²) in [5, 5.41) is 12.6. The molecule has 2 atom stereocenters. The molecule has 1 amide bonds. The van der Waals surface area contributed by atoms with Crippen LogP contribution in [0.4, 0.5) is 0 Å². The molecular formula is C35H66NO8P. The fourth-order valence-corrected chi connectivity index (χ4v) is 5.37. The minimum Gasteiger partial charge on any atom is -0.463 e. The number of unbranched alkanes of at least 4 members (excludes halogenated alkanes) is 16. The van der Waals surface area contributed by atoms with Crippen molar-refractivity contribution in [3.8, 4) is 0 Å². The van der Waals surface area contributed by atoms with Crippen molar-refractivity contribution >= 4 is 19.7 Å². The number of carbonyl (C=O) groups excluding carboxylic acids is 2. The maximum atomic E-state index is 12.0. The third-order valence-corrected chi connectivity index (χ3v) is 8.32. The highest BCUT2D eigenvalue weighted by molar-refractivity contribution is 7.47. The van der Waals surface area contributed by atoms with Crippen molar-refractivity contribution in [3.63, 3.8) is 0 Å². The SMILES string of the molecule is CCC/C=C\CCCCCCCC(=O)NCCOP(=O)(O)OCC(O)COC(=O)CCCCCCC/C=C\CCCCCCC. The molecule has 264 valence electrons. The van der Waals surface area contributed by atoms with Gasteiger partial charge in [-0.2, -0.15) is 0 Å². The van der Waals surface area contributed by atoms with E-state index < -0.39 is 26.5 Å². The third-order valence-electron chi connectivity index (χ3n) is 7.33. The Morgan fingerprint density at radius 1 is 0.667 bits per heavy atom. The number of esters is 1. The summed E-state index contributed by atoms with van der Waals surface area (Å²) in [4.78, 5) is 33.6. The van der Waals surface area contributed by atoms with Gasteiger partial charge in [-0.1, -0.05) is 109 Å². The molecule has 0 heterocycles. The maximum Gasteiger partial charge on any atom is 0.472 e. The lowest BCUT2D eigenvalue weighted by molar-refractivity contribution is -0.147. The molecule has 0 aromatic heterocycles. The number of amides is 1. The summed E-state index contributed by atoms with van der Waals surface area (Å²) in [6.07, 6.45) is 31.1. The zero-order valence-corrected chi connectivity index (χ0v) is 29.5. The van der Waals surface area contributed by atoms with Gasteiger partial charge in [0.25, 0.3) is 0 Å². The van der Waals surface area contributed by atoms with Gasteiger partial charge in [-0.25, -0.2) is 4.57 Å². The van der Waals surface area contributed by atoms with Crippen LogP contribution in [0.5, 0.6) is 0 Å². The zero-order valence-electron chi connectivity index (χ0n) is 28.6. The first kappa shape index (κ1) is 43.5. The molecule has 0 rings (SSSR count). The number of allylic oxidation sites excluding steroid dienone is 4. The molecule has 0 aromatic rings. The van der Waals surface area contributed by atoms with E-state index in [0.717, 1.165) is 77.0 Å². The van der Waals surface area contributed by atoms with E-state index in [0.29, 0.717) is 6.42 Å². The van der Waals surface area contributed by atoms with Gasteiger partial charge in [-0.15, -0.1) is 0 Å². The average Bonchev–Trinajstić information content (AvgIpc) is 3.02. The van der Waals surface area contributed by atoms with E-state index in [4.69, 9.17) is 13.8 Å². The number of ether oxygens (including phenoxy) is 1. The minimum absolute atomic E-state index is 0.0767. The molecule has 0 spiro atoms. The summed E-state index contributed by atoms with van der Waals surface area (Å²) in [6, 6.07) is 0. The second kappa shape index (κ2) is 32.4. The molecule has 0 aliphatic heterocycles. The molecule has 0 saturated carbocycles. The molecule has 0 radical (unpaired) electrons. The number of aliphatic hydroxyl groups excluding tert-OH is 1.